The number of benzene rings is 2. The van der Waals surface area contributed by atoms with Crippen molar-refractivity contribution in [3.05, 3.63) is 72.6 Å². The summed E-state index contributed by atoms with van der Waals surface area (Å²) in [5, 5.41) is 5.96. The summed E-state index contributed by atoms with van der Waals surface area (Å²) in [4.78, 5) is 37.0. The summed E-state index contributed by atoms with van der Waals surface area (Å²) in [6, 6.07) is 16.7. The molecule has 4 aromatic rings. The van der Waals surface area contributed by atoms with E-state index in [1.807, 2.05) is 42.5 Å². The number of nitrogens with one attached hydrogen (secondary N) is 3. The van der Waals surface area contributed by atoms with Crippen molar-refractivity contribution in [2.45, 2.75) is 38.5 Å². The number of carbonyl (C=O) groups is 2. The standard InChI is InChI=1S/C27H27N5O2/c33-26(19-6-3-1-2-4-7-19)30-22-13-14-23-24(16-22)32-25(31-23)18-9-11-21(12-10-18)29-27(34)20-8-5-15-28-17-20/h5,8-17,19H,1-4,6-7H2,(H,29,34)(H,30,33)(H,31,32). The lowest BCUT2D eigenvalue weighted by molar-refractivity contribution is -0.120. The second-order valence-electron chi connectivity index (χ2n) is 8.77. The molecule has 0 saturated heterocycles. The molecule has 0 bridgehead atoms. The van der Waals surface area contributed by atoms with E-state index in [1.165, 1.54) is 19.0 Å². The molecule has 0 aliphatic heterocycles. The normalized spacial score (nSPS) is 14.5. The number of H-pyrrole nitrogens is 1. The van der Waals surface area contributed by atoms with Crippen LogP contribution in [0.3, 0.4) is 0 Å². The molecule has 0 atom stereocenters. The molecule has 0 spiro atoms. The predicted octanol–water partition coefficient (Wildman–Crippen LogP) is 5.79. The highest BCUT2D eigenvalue weighted by atomic mass is 16.2. The number of fused-ring (bicyclic) bond motifs is 1. The molecule has 172 valence electrons. The van der Waals surface area contributed by atoms with Gasteiger partial charge in [-0.15, -0.1) is 0 Å². The summed E-state index contributed by atoms with van der Waals surface area (Å²) in [5.74, 6) is 0.744. The third-order valence-corrected chi connectivity index (χ3v) is 6.32. The van der Waals surface area contributed by atoms with Gasteiger partial charge >= 0.3 is 0 Å². The van der Waals surface area contributed by atoms with Gasteiger partial charge in [-0.1, -0.05) is 25.7 Å². The van der Waals surface area contributed by atoms with Crippen LogP contribution in [0, 0.1) is 5.92 Å². The third-order valence-electron chi connectivity index (χ3n) is 6.32. The highest BCUT2D eigenvalue weighted by Gasteiger charge is 2.20. The van der Waals surface area contributed by atoms with Crippen molar-refractivity contribution in [2.24, 2.45) is 5.92 Å². The first kappa shape index (κ1) is 21.8. The molecule has 1 aliphatic carbocycles. The first-order valence-electron chi connectivity index (χ1n) is 11.8. The Hall–Kier alpha value is -4.00. The van der Waals surface area contributed by atoms with E-state index in [9.17, 15) is 9.59 Å². The molecule has 7 heteroatoms. The van der Waals surface area contributed by atoms with Crippen LogP contribution < -0.4 is 10.6 Å². The molecule has 2 amide bonds. The molecule has 2 heterocycles. The van der Waals surface area contributed by atoms with E-state index in [1.54, 1.807) is 18.3 Å². The van der Waals surface area contributed by atoms with Crippen LogP contribution in [-0.2, 0) is 4.79 Å². The number of anilines is 2. The van der Waals surface area contributed by atoms with Crippen molar-refractivity contribution in [3.63, 3.8) is 0 Å². The van der Waals surface area contributed by atoms with Gasteiger partial charge in [-0.3, -0.25) is 14.6 Å². The van der Waals surface area contributed by atoms with Gasteiger partial charge in [0.1, 0.15) is 5.82 Å². The summed E-state index contributed by atoms with van der Waals surface area (Å²) in [6.07, 6.45) is 9.83. The zero-order chi connectivity index (χ0) is 23.3. The minimum absolute atomic E-state index is 0.104. The van der Waals surface area contributed by atoms with Crippen molar-refractivity contribution in [3.8, 4) is 11.4 Å². The van der Waals surface area contributed by atoms with Crippen LogP contribution in [0.4, 0.5) is 11.4 Å². The lowest BCUT2D eigenvalue weighted by atomic mass is 9.99. The van der Waals surface area contributed by atoms with E-state index < -0.39 is 0 Å². The molecule has 7 nitrogen and oxygen atoms in total. The van der Waals surface area contributed by atoms with Crippen LogP contribution in [0.5, 0.6) is 0 Å². The van der Waals surface area contributed by atoms with Crippen LogP contribution in [0.1, 0.15) is 48.9 Å². The van der Waals surface area contributed by atoms with Gasteiger partial charge in [-0.05, 0) is 67.4 Å². The molecule has 2 aromatic carbocycles. The average Bonchev–Trinajstić information content (AvgIpc) is 3.09. The smallest absolute Gasteiger partial charge is 0.257 e. The number of rotatable bonds is 5. The fraction of sp³-hybridized carbons (Fsp3) is 0.259. The van der Waals surface area contributed by atoms with E-state index in [0.717, 1.165) is 53.8 Å². The molecular weight excluding hydrogens is 426 g/mol. The van der Waals surface area contributed by atoms with Crippen molar-refractivity contribution in [1.29, 1.82) is 0 Å². The zero-order valence-electron chi connectivity index (χ0n) is 18.9. The van der Waals surface area contributed by atoms with Gasteiger partial charge < -0.3 is 15.6 Å². The van der Waals surface area contributed by atoms with Crippen LogP contribution in [0.2, 0.25) is 0 Å². The summed E-state index contributed by atoms with van der Waals surface area (Å²) in [7, 11) is 0. The molecule has 5 rings (SSSR count). The van der Waals surface area contributed by atoms with Crippen molar-refractivity contribution in [2.75, 3.05) is 10.6 Å². The maximum atomic E-state index is 12.7. The van der Waals surface area contributed by atoms with Gasteiger partial charge in [-0.2, -0.15) is 0 Å². The monoisotopic (exact) mass is 453 g/mol. The molecule has 1 aliphatic rings. The quantitative estimate of drug-likeness (QED) is 0.333. The fourth-order valence-corrected chi connectivity index (χ4v) is 4.42. The maximum absolute atomic E-state index is 12.7. The molecule has 1 fully saturated rings. The van der Waals surface area contributed by atoms with Gasteiger partial charge in [0.25, 0.3) is 5.91 Å². The topological polar surface area (TPSA) is 99.8 Å². The number of hydrogen-bond acceptors (Lipinski definition) is 4. The summed E-state index contributed by atoms with van der Waals surface area (Å²) < 4.78 is 0. The summed E-state index contributed by atoms with van der Waals surface area (Å²) >= 11 is 0. The molecule has 3 N–H and O–H groups in total. The van der Waals surface area contributed by atoms with Crippen LogP contribution in [0.15, 0.2) is 67.0 Å². The SMILES string of the molecule is O=C(Nc1ccc(-c2nc3ccc(NC(=O)C4CCCCCC4)cc3[nH]2)cc1)c1cccnc1. The summed E-state index contributed by atoms with van der Waals surface area (Å²) in [6.45, 7) is 0. The average molecular weight is 454 g/mol. The minimum Gasteiger partial charge on any atom is -0.338 e. The first-order chi connectivity index (χ1) is 16.7. The highest BCUT2D eigenvalue weighted by Crippen LogP contribution is 2.27. The van der Waals surface area contributed by atoms with Gasteiger partial charge in [0.05, 0.1) is 16.6 Å². The number of aromatic amines is 1. The van der Waals surface area contributed by atoms with Crippen LogP contribution in [-0.4, -0.2) is 26.8 Å². The van der Waals surface area contributed by atoms with Gasteiger partial charge in [0.2, 0.25) is 5.91 Å². The Balaban J connectivity index is 1.27. The largest absolute Gasteiger partial charge is 0.338 e. The number of aromatic nitrogens is 3. The highest BCUT2D eigenvalue weighted by molar-refractivity contribution is 6.04. The van der Waals surface area contributed by atoms with Crippen molar-refractivity contribution in [1.82, 2.24) is 15.0 Å². The van der Waals surface area contributed by atoms with E-state index in [2.05, 4.69) is 25.6 Å². The number of imidazole rings is 1. The fourth-order valence-electron chi connectivity index (χ4n) is 4.42. The number of nitrogens with zero attached hydrogens (tertiary/aromatic N) is 2. The minimum atomic E-state index is -0.206. The number of carbonyl (C=O) groups excluding carboxylic acids is 2. The molecule has 0 radical (unpaired) electrons. The molecule has 2 aromatic heterocycles. The van der Waals surface area contributed by atoms with E-state index in [4.69, 9.17) is 0 Å². The zero-order valence-corrected chi connectivity index (χ0v) is 18.9. The molecule has 34 heavy (non-hydrogen) atoms. The van der Waals surface area contributed by atoms with Crippen molar-refractivity contribution >= 4 is 34.2 Å². The lowest BCUT2D eigenvalue weighted by Crippen LogP contribution is -2.22. The maximum Gasteiger partial charge on any atom is 0.257 e. The Morgan fingerprint density at radius 2 is 1.65 bits per heavy atom. The number of pyridine rings is 1. The van der Waals surface area contributed by atoms with Crippen LogP contribution >= 0.6 is 0 Å². The third kappa shape index (κ3) is 4.98. The van der Waals surface area contributed by atoms with Gasteiger partial charge in [0.15, 0.2) is 0 Å². The molecule has 1 saturated carbocycles. The van der Waals surface area contributed by atoms with E-state index >= 15 is 0 Å². The predicted molar refractivity (Wildman–Crippen MR) is 134 cm³/mol. The molecular formula is C27H27N5O2. The number of amides is 2. The van der Waals surface area contributed by atoms with Gasteiger partial charge in [0, 0.05) is 35.2 Å². The second-order valence-corrected chi connectivity index (χ2v) is 8.77. The number of hydrogen-bond donors (Lipinski definition) is 3. The summed E-state index contributed by atoms with van der Waals surface area (Å²) in [5.41, 5.74) is 4.58. The Bertz CT molecular complexity index is 1290. The van der Waals surface area contributed by atoms with Crippen molar-refractivity contribution < 1.29 is 9.59 Å². The molecule has 0 unspecified atom stereocenters. The Morgan fingerprint density at radius 1 is 0.882 bits per heavy atom. The first-order valence-corrected chi connectivity index (χ1v) is 11.8. The van der Waals surface area contributed by atoms with Crippen LogP contribution in [0.25, 0.3) is 22.4 Å². The van der Waals surface area contributed by atoms with Gasteiger partial charge in [-0.25, -0.2) is 4.98 Å². The Labute approximate surface area is 198 Å². The Kier molecular flexibility index (Phi) is 6.33. The van der Waals surface area contributed by atoms with E-state index in [0.29, 0.717) is 11.3 Å². The second kappa shape index (κ2) is 9.87. The Morgan fingerprint density at radius 3 is 2.38 bits per heavy atom. The van der Waals surface area contributed by atoms with E-state index in [-0.39, 0.29) is 17.7 Å². The lowest BCUT2D eigenvalue weighted by Gasteiger charge is -2.14.